The SMILES string of the molecule is Cc1ccc(C)c(-c2csc(NC(=O)[C@H]3COc4ccccc4O3)n2)c1. The average Bonchev–Trinajstić information content (AvgIpc) is 3.11. The van der Waals surface area contributed by atoms with E-state index in [2.05, 4.69) is 42.3 Å². The van der Waals surface area contributed by atoms with Crippen LogP contribution in [0.25, 0.3) is 11.3 Å². The molecule has 3 aromatic rings. The van der Waals surface area contributed by atoms with Crippen molar-refractivity contribution in [1.29, 1.82) is 0 Å². The van der Waals surface area contributed by atoms with Gasteiger partial charge in [0, 0.05) is 10.9 Å². The van der Waals surface area contributed by atoms with Gasteiger partial charge in [-0.15, -0.1) is 11.3 Å². The number of anilines is 1. The summed E-state index contributed by atoms with van der Waals surface area (Å²) >= 11 is 1.40. The van der Waals surface area contributed by atoms with Gasteiger partial charge in [0.25, 0.3) is 5.91 Å². The summed E-state index contributed by atoms with van der Waals surface area (Å²) in [6.07, 6.45) is -0.696. The number of hydrogen-bond acceptors (Lipinski definition) is 5. The van der Waals surface area contributed by atoms with Crippen LogP contribution in [-0.4, -0.2) is 23.6 Å². The molecule has 1 aromatic heterocycles. The van der Waals surface area contributed by atoms with Crippen molar-refractivity contribution in [2.45, 2.75) is 20.0 Å². The van der Waals surface area contributed by atoms with Crippen molar-refractivity contribution in [1.82, 2.24) is 4.98 Å². The number of thiazole rings is 1. The monoisotopic (exact) mass is 366 g/mol. The Bertz CT molecular complexity index is 967. The van der Waals surface area contributed by atoms with Crippen molar-refractivity contribution >= 4 is 22.4 Å². The molecule has 1 atom stereocenters. The first-order valence-corrected chi connectivity index (χ1v) is 9.20. The predicted octanol–water partition coefficient (Wildman–Crippen LogP) is 4.21. The lowest BCUT2D eigenvalue weighted by Crippen LogP contribution is -2.40. The minimum atomic E-state index is -0.696. The maximum absolute atomic E-state index is 12.5. The maximum Gasteiger partial charge on any atom is 0.270 e. The van der Waals surface area contributed by atoms with Gasteiger partial charge in [0.05, 0.1) is 5.69 Å². The van der Waals surface area contributed by atoms with Crippen molar-refractivity contribution in [2.75, 3.05) is 11.9 Å². The summed E-state index contributed by atoms with van der Waals surface area (Å²) in [5.74, 6) is 0.971. The fourth-order valence-corrected chi connectivity index (χ4v) is 3.51. The van der Waals surface area contributed by atoms with Crippen molar-refractivity contribution in [2.24, 2.45) is 0 Å². The molecule has 132 valence electrons. The summed E-state index contributed by atoms with van der Waals surface area (Å²) in [5.41, 5.74) is 4.26. The molecule has 0 bridgehead atoms. The topological polar surface area (TPSA) is 60.5 Å². The number of aryl methyl sites for hydroxylation is 2. The molecule has 0 fully saturated rings. The summed E-state index contributed by atoms with van der Waals surface area (Å²) in [5, 5.41) is 5.33. The molecule has 1 amide bonds. The minimum Gasteiger partial charge on any atom is -0.485 e. The Kier molecular flexibility index (Phi) is 4.34. The van der Waals surface area contributed by atoms with Gasteiger partial charge in [-0.05, 0) is 37.6 Å². The second kappa shape index (κ2) is 6.80. The summed E-state index contributed by atoms with van der Waals surface area (Å²) in [6, 6.07) is 13.6. The van der Waals surface area contributed by atoms with E-state index in [1.807, 2.05) is 23.6 Å². The number of nitrogens with zero attached hydrogens (tertiary/aromatic N) is 1. The largest absolute Gasteiger partial charge is 0.485 e. The molecular formula is C20H18N2O3S. The average molecular weight is 366 g/mol. The third kappa shape index (κ3) is 3.28. The number of hydrogen-bond donors (Lipinski definition) is 1. The molecule has 1 aliphatic heterocycles. The second-order valence-corrected chi connectivity index (χ2v) is 7.07. The molecular weight excluding hydrogens is 348 g/mol. The first kappa shape index (κ1) is 16.6. The molecule has 26 heavy (non-hydrogen) atoms. The van der Waals surface area contributed by atoms with Crippen LogP contribution >= 0.6 is 11.3 Å². The predicted molar refractivity (Wildman–Crippen MR) is 102 cm³/mol. The molecule has 2 aromatic carbocycles. The number of nitrogens with one attached hydrogen (secondary N) is 1. The fourth-order valence-electron chi connectivity index (χ4n) is 2.80. The number of ether oxygens (including phenoxy) is 2. The van der Waals surface area contributed by atoms with E-state index >= 15 is 0 Å². The summed E-state index contributed by atoms with van der Waals surface area (Å²) in [7, 11) is 0. The van der Waals surface area contributed by atoms with Gasteiger partial charge < -0.3 is 9.47 Å². The van der Waals surface area contributed by atoms with Crippen LogP contribution in [0.5, 0.6) is 11.5 Å². The summed E-state index contributed by atoms with van der Waals surface area (Å²) in [6.45, 7) is 4.28. The summed E-state index contributed by atoms with van der Waals surface area (Å²) in [4.78, 5) is 17.0. The number of carbonyl (C=O) groups excluding carboxylic acids is 1. The third-order valence-electron chi connectivity index (χ3n) is 4.20. The molecule has 4 rings (SSSR count). The highest BCUT2D eigenvalue weighted by Gasteiger charge is 2.27. The first-order valence-electron chi connectivity index (χ1n) is 8.32. The Morgan fingerprint density at radius 1 is 1.19 bits per heavy atom. The van der Waals surface area contributed by atoms with Crippen LogP contribution in [0.3, 0.4) is 0 Å². The zero-order valence-corrected chi connectivity index (χ0v) is 15.3. The van der Waals surface area contributed by atoms with Crippen LogP contribution in [0.1, 0.15) is 11.1 Å². The minimum absolute atomic E-state index is 0.179. The number of benzene rings is 2. The van der Waals surface area contributed by atoms with Crippen LogP contribution in [0.4, 0.5) is 5.13 Å². The highest BCUT2D eigenvalue weighted by Crippen LogP contribution is 2.32. The number of carbonyl (C=O) groups is 1. The number of aromatic nitrogens is 1. The lowest BCUT2D eigenvalue weighted by atomic mass is 10.0. The molecule has 1 N–H and O–H groups in total. The Morgan fingerprint density at radius 3 is 2.85 bits per heavy atom. The van der Waals surface area contributed by atoms with Crippen LogP contribution in [0.2, 0.25) is 0 Å². The molecule has 6 heteroatoms. The molecule has 0 saturated carbocycles. The van der Waals surface area contributed by atoms with Gasteiger partial charge in [-0.2, -0.15) is 0 Å². The van der Waals surface area contributed by atoms with E-state index in [-0.39, 0.29) is 12.5 Å². The molecule has 0 saturated heterocycles. The smallest absolute Gasteiger partial charge is 0.270 e. The Labute approximate surface area is 155 Å². The molecule has 0 radical (unpaired) electrons. The lowest BCUT2D eigenvalue weighted by Gasteiger charge is -2.25. The number of fused-ring (bicyclic) bond motifs is 1. The van der Waals surface area contributed by atoms with E-state index in [9.17, 15) is 4.79 Å². The normalized spacial score (nSPS) is 15.5. The van der Waals surface area contributed by atoms with Crippen molar-refractivity contribution < 1.29 is 14.3 Å². The van der Waals surface area contributed by atoms with Gasteiger partial charge in [0.2, 0.25) is 6.10 Å². The molecule has 5 nitrogen and oxygen atoms in total. The molecule has 0 unspecified atom stereocenters. The first-order chi connectivity index (χ1) is 12.6. The van der Waals surface area contributed by atoms with Gasteiger partial charge in [-0.25, -0.2) is 4.98 Å². The quantitative estimate of drug-likeness (QED) is 0.754. The van der Waals surface area contributed by atoms with E-state index in [1.165, 1.54) is 16.9 Å². The van der Waals surface area contributed by atoms with Gasteiger partial charge in [0.15, 0.2) is 16.6 Å². The van der Waals surface area contributed by atoms with Gasteiger partial charge in [-0.1, -0.05) is 29.8 Å². The van der Waals surface area contributed by atoms with E-state index in [4.69, 9.17) is 9.47 Å². The second-order valence-electron chi connectivity index (χ2n) is 6.21. The number of rotatable bonds is 3. The zero-order chi connectivity index (χ0) is 18.1. The van der Waals surface area contributed by atoms with Crippen molar-refractivity contribution in [3.8, 4) is 22.8 Å². The Balaban J connectivity index is 1.48. The van der Waals surface area contributed by atoms with E-state index in [1.54, 1.807) is 6.07 Å². The van der Waals surface area contributed by atoms with E-state index in [0.29, 0.717) is 16.6 Å². The maximum atomic E-state index is 12.5. The standard InChI is InChI=1S/C20H18N2O3S/c1-12-7-8-13(2)14(9-12)15-11-26-20(21-15)22-19(23)18-10-24-16-5-3-4-6-17(16)25-18/h3-9,11,18H,10H2,1-2H3,(H,21,22,23)/t18-/m1/s1. The van der Waals surface area contributed by atoms with Gasteiger partial charge in [-0.3, -0.25) is 10.1 Å². The Hall–Kier alpha value is -2.86. The third-order valence-corrected chi connectivity index (χ3v) is 4.96. The van der Waals surface area contributed by atoms with Gasteiger partial charge in [0.1, 0.15) is 6.61 Å². The number of amides is 1. The highest BCUT2D eigenvalue weighted by molar-refractivity contribution is 7.14. The van der Waals surface area contributed by atoms with E-state index < -0.39 is 6.10 Å². The van der Waals surface area contributed by atoms with Crippen LogP contribution in [0, 0.1) is 13.8 Å². The Morgan fingerprint density at radius 2 is 2.00 bits per heavy atom. The lowest BCUT2D eigenvalue weighted by molar-refractivity contribution is -0.125. The van der Waals surface area contributed by atoms with Gasteiger partial charge >= 0.3 is 0 Å². The van der Waals surface area contributed by atoms with E-state index in [0.717, 1.165) is 16.8 Å². The van der Waals surface area contributed by atoms with Crippen LogP contribution < -0.4 is 14.8 Å². The molecule has 2 heterocycles. The van der Waals surface area contributed by atoms with Crippen molar-refractivity contribution in [3.63, 3.8) is 0 Å². The summed E-state index contributed by atoms with van der Waals surface area (Å²) < 4.78 is 11.3. The fraction of sp³-hybridized carbons (Fsp3) is 0.200. The zero-order valence-electron chi connectivity index (χ0n) is 14.5. The van der Waals surface area contributed by atoms with Crippen LogP contribution in [0.15, 0.2) is 47.8 Å². The number of para-hydroxylation sites is 2. The van der Waals surface area contributed by atoms with Crippen molar-refractivity contribution in [3.05, 3.63) is 59.0 Å². The van der Waals surface area contributed by atoms with Crippen LogP contribution in [-0.2, 0) is 4.79 Å². The molecule has 0 spiro atoms. The molecule has 1 aliphatic rings. The highest BCUT2D eigenvalue weighted by atomic mass is 32.1. The molecule has 0 aliphatic carbocycles.